The highest BCUT2D eigenvalue weighted by Gasteiger charge is 2.16. The predicted octanol–water partition coefficient (Wildman–Crippen LogP) is 2.75. The third-order valence-corrected chi connectivity index (χ3v) is 5.50. The van der Waals surface area contributed by atoms with Gasteiger partial charge in [0.05, 0.1) is 23.4 Å². The summed E-state index contributed by atoms with van der Waals surface area (Å²) in [5.41, 5.74) is 0. The zero-order valence-corrected chi connectivity index (χ0v) is 15.3. The quantitative estimate of drug-likeness (QED) is 0.504. The number of thiophene rings is 1. The molecule has 0 fully saturated rings. The lowest BCUT2D eigenvalue weighted by atomic mass is 10.3. The molecule has 0 unspecified atom stereocenters. The van der Waals surface area contributed by atoms with Crippen LogP contribution in [0.2, 0.25) is 0 Å². The van der Waals surface area contributed by atoms with Gasteiger partial charge in [0, 0.05) is 18.8 Å². The molecule has 0 spiro atoms. The van der Waals surface area contributed by atoms with E-state index in [4.69, 9.17) is 4.42 Å². The van der Waals surface area contributed by atoms with Crippen molar-refractivity contribution in [2.75, 3.05) is 5.75 Å². The van der Waals surface area contributed by atoms with Gasteiger partial charge in [0.1, 0.15) is 0 Å². The fraction of sp³-hybridized carbons (Fsp3) is 0.250. The van der Waals surface area contributed by atoms with Gasteiger partial charge in [-0.2, -0.15) is 0 Å². The molecule has 3 rings (SSSR count). The van der Waals surface area contributed by atoms with Crippen LogP contribution in [0.15, 0.2) is 40.1 Å². The van der Waals surface area contributed by atoms with Crippen LogP contribution in [0.1, 0.15) is 21.5 Å². The van der Waals surface area contributed by atoms with Crippen LogP contribution in [0.3, 0.4) is 0 Å². The summed E-state index contributed by atoms with van der Waals surface area (Å²) in [4.78, 5) is 24.9. The number of furan rings is 1. The van der Waals surface area contributed by atoms with E-state index >= 15 is 0 Å². The predicted molar refractivity (Wildman–Crippen MR) is 95.6 cm³/mol. The number of thioether (sulfide) groups is 1. The van der Waals surface area contributed by atoms with Crippen LogP contribution < -0.4 is 5.32 Å². The van der Waals surface area contributed by atoms with Crippen molar-refractivity contribution >= 4 is 34.8 Å². The normalized spacial score (nSPS) is 10.8. The van der Waals surface area contributed by atoms with E-state index in [0.29, 0.717) is 28.2 Å². The number of nitrogens with one attached hydrogen (secondary N) is 1. The molecule has 7 nitrogen and oxygen atoms in total. The maximum absolute atomic E-state index is 12.3. The summed E-state index contributed by atoms with van der Waals surface area (Å²) in [5.74, 6) is 1.45. The van der Waals surface area contributed by atoms with E-state index in [-0.39, 0.29) is 17.4 Å². The van der Waals surface area contributed by atoms with Gasteiger partial charge in [0.25, 0.3) is 0 Å². The number of Topliss-reactive ketones (excluding diaryl/α,β-unsaturated/α-hetero) is 1. The molecule has 0 atom stereocenters. The molecule has 0 aliphatic carbocycles. The van der Waals surface area contributed by atoms with Gasteiger partial charge < -0.3 is 14.3 Å². The number of hydrogen-bond donors (Lipinski definition) is 1. The smallest absolute Gasteiger partial charge is 0.217 e. The maximum Gasteiger partial charge on any atom is 0.217 e. The Hall–Kier alpha value is -2.39. The third kappa shape index (κ3) is 4.18. The van der Waals surface area contributed by atoms with E-state index in [1.807, 2.05) is 19.2 Å². The van der Waals surface area contributed by atoms with E-state index in [1.54, 1.807) is 23.0 Å². The fourth-order valence-electron chi connectivity index (χ4n) is 2.10. The third-order valence-electron chi connectivity index (χ3n) is 3.36. The first kappa shape index (κ1) is 17.4. The van der Waals surface area contributed by atoms with Gasteiger partial charge in [-0.05, 0) is 24.3 Å². The van der Waals surface area contributed by atoms with Gasteiger partial charge in [-0.15, -0.1) is 21.5 Å². The molecule has 1 amide bonds. The summed E-state index contributed by atoms with van der Waals surface area (Å²) in [6.07, 6.45) is 1.58. The summed E-state index contributed by atoms with van der Waals surface area (Å²) in [6.45, 7) is 1.91. The van der Waals surface area contributed by atoms with E-state index < -0.39 is 0 Å². The fourth-order valence-corrected chi connectivity index (χ4v) is 3.87. The highest BCUT2D eigenvalue weighted by atomic mass is 32.2. The summed E-state index contributed by atoms with van der Waals surface area (Å²) >= 11 is 2.72. The van der Waals surface area contributed by atoms with Crippen molar-refractivity contribution in [2.24, 2.45) is 7.05 Å². The summed E-state index contributed by atoms with van der Waals surface area (Å²) in [7, 11) is 1.83. The van der Waals surface area contributed by atoms with Crippen molar-refractivity contribution in [3.8, 4) is 11.6 Å². The first-order valence-electron chi connectivity index (χ1n) is 7.47. The van der Waals surface area contributed by atoms with Gasteiger partial charge >= 0.3 is 0 Å². The molecule has 0 saturated heterocycles. The molecule has 9 heteroatoms. The number of rotatable bonds is 7. The number of hydrogen-bond acceptors (Lipinski definition) is 7. The molecular formula is C16H16N4O3S2. The van der Waals surface area contributed by atoms with Gasteiger partial charge in [0.15, 0.2) is 22.5 Å². The number of aromatic nitrogens is 3. The zero-order chi connectivity index (χ0) is 17.8. The maximum atomic E-state index is 12.3. The molecule has 0 bridgehead atoms. The second-order valence-corrected chi connectivity index (χ2v) is 7.34. The SMILES string of the molecule is CC(=O)NCc1ccc(C(=O)CSc2nnc(-c3ccco3)n2C)s1. The number of amides is 1. The molecule has 3 aromatic rings. The zero-order valence-electron chi connectivity index (χ0n) is 13.7. The van der Waals surface area contributed by atoms with Gasteiger partial charge in [-0.1, -0.05) is 11.8 Å². The van der Waals surface area contributed by atoms with Crippen LogP contribution in [-0.4, -0.2) is 32.2 Å². The largest absolute Gasteiger partial charge is 0.461 e. The molecule has 0 aliphatic rings. The highest BCUT2D eigenvalue weighted by molar-refractivity contribution is 7.99. The number of ketones is 1. The van der Waals surface area contributed by atoms with Gasteiger partial charge in [-0.25, -0.2) is 0 Å². The monoisotopic (exact) mass is 376 g/mol. The van der Waals surface area contributed by atoms with Crippen LogP contribution in [0, 0.1) is 0 Å². The van der Waals surface area contributed by atoms with Crippen LogP contribution in [0.25, 0.3) is 11.6 Å². The molecule has 0 saturated carbocycles. The second kappa shape index (κ2) is 7.66. The lowest BCUT2D eigenvalue weighted by molar-refractivity contribution is -0.119. The van der Waals surface area contributed by atoms with Gasteiger partial charge in [-0.3, -0.25) is 9.59 Å². The van der Waals surface area contributed by atoms with Crippen LogP contribution >= 0.6 is 23.1 Å². The molecule has 0 radical (unpaired) electrons. The lowest BCUT2D eigenvalue weighted by Gasteiger charge is -2.01. The summed E-state index contributed by atoms with van der Waals surface area (Å²) in [6, 6.07) is 7.24. The Bertz CT molecular complexity index is 883. The van der Waals surface area contributed by atoms with Crippen molar-refractivity contribution < 1.29 is 14.0 Å². The molecule has 0 aromatic carbocycles. The summed E-state index contributed by atoms with van der Waals surface area (Å²) < 4.78 is 7.12. The number of carbonyl (C=O) groups excluding carboxylic acids is 2. The van der Waals surface area contributed by atoms with E-state index in [2.05, 4.69) is 15.5 Å². The van der Waals surface area contributed by atoms with Crippen LogP contribution in [-0.2, 0) is 18.4 Å². The van der Waals surface area contributed by atoms with E-state index in [0.717, 1.165) is 4.88 Å². The summed E-state index contributed by atoms with van der Waals surface area (Å²) in [5, 5.41) is 11.6. The minimum Gasteiger partial charge on any atom is -0.461 e. The molecule has 25 heavy (non-hydrogen) atoms. The van der Waals surface area contributed by atoms with E-state index in [1.165, 1.54) is 30.0 Å². The van der Waals surface area contributed by atoms with Crippen molar-refractivity contribution in [2.45, 2.75) is 18.6 Å². The van der Waals surface area contributed by atoms with Crippen molar-refractivity contribution in [1.29, 1.82) is 0 Å². The number of nitrogens with zero attached hydrogens (tertiary/aromatic N) is 3. The first-order chi connectivity index (χ1) is 12.0. The topological polar surface area (TPSA) is 90.0 Å². The van der Waals surface area contributed by atoms with Crippen molar-refractivity contribution in [3.63, 3.8) is 0 Å². The Labute approximate surface area is 152 Å². The van der Waals surface area contributed by atoms with Gasteiger partial charge in [0.2, 0.25) is 5.91 Å². The Morgan fingerprint density at radius 3 is 2.88 bits per heavy atom. The minimum atomic E-state index is -0.0912. The molecule has 0 aliphatic heterocycles. The Kier molecular flexibility index (Phi) is 5.34. The van der Waals surface area contributed by atoms with Crippen molar-refractivity contribution in [3.05, 3.63) is 40.3 Å². The molecule has 3 aromatic heterocycles. The highest BCUT2D eigenvalue weighted by Crippen LogP contribution is 2.25. The minimum absolute atomic E-state index is 0.0200. The molecular weight excluding hydrogens is 360 g/mol. The lowest BCUT2D eigenvalue weighted by Crippen LogP contribution is -2.18. The van der Waals surface area contributed by atoms with Crippen LogP contribution in [0.4, 0.5) is 0 Å². The Morgan fingerprint density at radius 2 is 2.16 bits per heavy atom. The Morgan fingerprint density at radius 1 is 1.32 bits per heavy atom. The Balaban J connectivity index is 1.60. The van der Waals surface area contributed by atoms with Crippen molar-refractivity contribution in [1.82, 2.24) is 20.1 Å². The molecule has 130 valence electrons. The number of carbonyl (C=O) groups is 2. The van der Waals surface area contributed by atoms with E-state index in [9.17, 15) is 9.59 Å². The average Bonchev–Trinajstić information content (AvgIpc) is 3.32. The van der Waals surface area contributed by atoms with Crippen LogP contribution in [0.5, 0.6) is 0 Å². The standard InChI is InChI=1S/C16H16N4O3S2/c1-10(21)17-8-11-5-6-14(25-11)12(22)9-24-16-19-18-15(20(16)2)13-4-3-7-23-13/h3-7H,8-9H2,1-2H3,(H,17,21). The first-order valence-corrected chi connectivity index (χ1v) is 9.27. The average molecular weight is 376 g/mol. The molecule has 1 N–H and O–H groups in total. The second-order valence-electron chi connectivity index (χ2n) is 5.23. The molecule has 3 heterocycles.